The maximum Gasteiger partial charge on any atom is 0.416 e. The molecule has 1 aromatic carbocycles. The molecule has 190 valence electrons. The molecule has 0 unspecified atom stereocenters. The van der Waals surface area contributed by atoms with Crippen molar-refractivity contribution in [2.75, 3.05) is 38.1 Å². The Morgan fingerprint density at radius 2 is 1.77 bits per heavy atom. The highest BCUT2D eigenvalue weighted by molar-refractivity contribution is 5.86. The Labute approximate surface area is 201 Å². The maximum absolute atomic E-state index is 13.6. The molecule has 2 fully saturated rings. The highest BCUT2D eigenvalue weighted by atomic mass is 19.4. The molecule has 2 saturated heterocycles. The van der Waals surface area contributed by atoms with Gasteiger partial charge in [-0.2, -0.15) is 23.0 Å². The molecule has 0 saturated carbocycles. The zero-order chi connectivity index (χ0) is 25.4. The number of carbonyl (C=O) groups excluding carboxylic acids is 1. The van der Waals surface area contributed by atoms with Crippen molar-refractivity contribution in [3.63, 3.8) is 0 Å². The number of carboxylic acid groups (broad SMARTS) is 1. The lowest BCUT2D eigenvalue weighted by Gasteiger charge is -2.45. The predicted octanol–water partition coefficient (Wildman–Crippen LogP) is 4.15. The van der Waals surface area contributed by atoms with Gasteiger partial charge in [0.05, 0.1) is 5.56 Å². The van der Waals surface area contributed by atoms with Crippen molar-refractivity contribution in [2.45, 2.75) is 50.9 Å². The molecule has 3 heterocycles. The van der Waals surface area contributed by atoms with Crippen LogP contribution in [0.4, 0.5) is 23.7 Å². The summed E-state index contributed by atoms with van der Waals surface area (Å²) in [6, 6.07) is 5.21. The molecule has 0 bridgehead atoms. The van der Waals surface area contributed by atoms with Crippen LogP contribution < -0.4 is 4.90 Å². The van der Waals surface area contributed by atoms with E-state index in [1.807, 2.05) is 18.0 Å². The van der Waals surface area contributed by atoms with Gasteiger partial charge in [-0.25, -0.2) is 9.59 Å². The van der Waals surface area contributed by atoms with E-state index in [0.29, 0.717) is 43.7 Å². The number of carboxylic acids is 1. The van der Waals surface area contributed by atoms with E-state index in [1.54, 1.807) is 4.90 Å². The number of halogens is 3. The first-order valence-electron chi connectivity index (χ1n) is 11.7. The van der Waals surface area contributed by atoms with Crippen LogP contribution in [0, 0.1) is 0 Å². The number of likely N-dealkylation sites (tertiary alicyclic amines) is 1. The third-order valence-corrected chi connectivity index (χ3v) is 7.23. The van der Waals surface area contributed by atoms with Crippen LogP contribution in [-0.2, 0) is 12.7 Å². The molecule has 1 N–H and O–H groups in total. The number of benzene rings is 1. The van der Waals surface area contributed by atoms with Crippen molar-refractivity contribution in [2.24, 2.45) is 0 Å². The predicted molar refractivity (Wildman–Crippen MR) is 124 cm³/mol. The van der Waals surface area contributed by atoms with Gasteiger partial charge in [0.2, 0.25) is 0 Å². The van der Waals surface area contributed by atoms with Crippen LogP contribution in [0.5, 0.6) is 0 Å². The summed E-state index contributed by atoms with van der Waals surface area (Å²) < 4.78 is 41.8. The van der Waals surface area contributed by atoms with Crippen LogP contribution >= 0.6 is 0 Å². The minimum Gasteiger partial charge on any atom is -0.476 e. The monoisotopic (exact) mass is 493 g/mol. The van der Waals surface area contributed by atoms with Crippen molar-refractivity contribution < 1.29 is 27.9 Å². The molecule has 0 aliphatic carbocycles. The molecule has 0 atom stereocenters. The SMILES string of the molecule is CN(Cc1cc(N2CCCC2)cc(C(F)(F)F)c1)C1(C)CCN(C(=O)n2ccc(C(=O)O)n2)CC1. The second-order valence-electron chi connectivity index (χ2n) is 9.65. The van der Waals surface area contributed by atoms with Gasteiger partial charge >= 0.3 is 18.2 Å². The summed E-state index contributed by atoms with van der Waals surface area (Å²) in [7, 11) is 1.90. The molecular weight excluding hydrogens is 463 g/mol. The lowest BCUT2D eigenvalue weighted by atomic mass is 9.87. The number of amides is 1. The first-order valence-corrected chi connectivity index (χ1v) is 11.7. The Kier molecular flexibility index (Phi) is 6.81. The van der Waals surface area contributed by atoms with Crippen LogP contribution in [0.3, 0.4) is 0 Å². The van der Waals surface area contributed by atoms with Crippen molar-refractivity contribution in [3.05, 3.63) is 47.3 Å². The zero-order valence-electron chi connectivity index (χ0n) is 19.9. The Balaban J connectivity index is 1.44. The molecule has 2 aliphatic rings. The molecule has 11 heteroatoms. The quantitative estimate of drug-likeness (QED) is 0.674. The van der Waals surface area contributed by atoms with Crippen LogP contribution in [0.25, 0.3) is 0 Å². The van der Waals surface area contributed by atoms with Crippen molar-refractivity contribution >= 4 is 17.7 Å². The van der Waals surface area contributed by atoms with E-state index in [9.17, 15) is 22.8 Å². The largest absolute Gasteiger partial charge is 0.476 e. The van der Waals surface area contributed by atoms with Gasteiger partial charge in [-0.1, -0.05) is 0 Å². The van der Waals surface area contributed by atoms with Gasteiger partial charge in [0, 0.05) is 50.1 Å². The first-order chi connectivity index (χ1) is 16.5. The van der Waals surface area contributed by atoms with E-state index < -0.39 is 23.7 Å². The fourth-order valence-corrected chi connectivity index (χ4v) is 4.80. The summed E-state index contributed by atoms with van der Waals surface area (Å²) >= 11 is 0. The molecule has 35 heavy (non-hydrogen) atoms. The fourth-order valence-electron chi connectivity index (χ4n) is 4.80. The number of aromatic nitrogens is 2. The third kappa shape index (κ3) is 5.44. The van der Waals surface area contributed by atoms with E-state index in [1.165, 1.54) is 24.4 Å². The van der Waals surface area contributed by atoms with E-state index in [4.69, 9.17) is 5.11 Å². The highest BCUT2D eigenvalue weighted by Crippen LogP contribution is 2.35. The van der Waals surface area contributed by atoms with E-state index in [2.05, 4.69) is 16.9 Å². The number of rotatable bonds is 5. The van der Waals surface area contributed by atoms with Gasteiger partial charge in [-0.15, -0.1) is 0 Å². The van der Waals surface area contributed by atoms with Gasteiger partial charge in [0.25, 0.3) is 0 Å². The standard InChI is InChI=1S/C24H30F3N5O3/c1-23(6-11-31(12-7-23)22(35)32-10-5-20(28-32)21(33)34)29(2)16-17-13-18(24(25,26)27)15-19(14-17)30-8-3-4-9-30/h5,10,13-15H,3-4,6-9,11-12,16H2,1-2H3,(H,33,34). The van der Waals surface area contributed by atoms with Gasteiger partial charge in [-0.3, -0.25) is 4.90 Å². The number of hydrogen-bond acceptors (Lipinski definition) is 5. The van der Waals surface area contributed by atoms with Crippen LogP contribution in [-0.4, -0.2) is 75.5 Å². The molecule has 2 aliphatic heterocycles. The summed E-state index contributed by atoms with van der Waals surface area (Å²) in [6.07, 6.45) is 0.132. The van der Waals surface area contributed by atoms with Gasteiger partial charge in [0.1, 0.15) is 0 Å². The summed E-state index contributed by atoms with van der Waals surface area (Å²) in [5, 5.41) is 12.8. The molecule has 2 aromatic rings. The fraction of sp³-hybridized carbons (Fsp3) is 0.542. The summed E-state index contributed by atoms with van der Waals surface area (Å²) in [4.78, 5) is 29.4. The number of aromatic carboxylic acids is 1. The van der Waals surface area contributed by atoms with Gasteiger partial charge < -0.3 is 14.9 Å². The Morgan fingerprint density at radius 3 is 2.34 bits per heavy atom. The van der Waals surface area contributed by atoms with Crippen LogP contribution in [0.1, 0.15) is 54.2 Å². The second-order valence-corrected chi connectivity index (χ2v) is 9.65. The molecule has 1 aromatic heterocycles. The van der Waals surface area contributed by atoms with Crippen LogP contribution in [0.2, 0.25) is 0 Å². The minimum absolute atomic E-state index is 0.200. The van der Waals surface area contributed by atoms with Crippen molar-refractivity contribution in [1.29, 1.82) is 0 Å². The Morgan fingerprint density at radius 1 is 1.11 bits per heavy atom. The lowest BCUT2D eigenvalue weighted by Crippen LogP contribution is -2.53. The van der Waals surface area contributed by atoms with Crippen molar-refractivity contribution in [1.82, 2.24) is 19.6 Å². The first kappa shape index (κ1) is 25.0. The molecule has 0 spiro atoms. The maximum atomic E-state index is 13.6. The number of nitrogens with zero attached hydrogens (tertiary/aromatic N) is 5. The Bertz CT molecular complexity index is 1090. The normalized spacial score (nSPS) is 18.3. The molecule has 0 radical (unpaired) electrons. The minimum atomic E-state index is -4.41. The molecule has 1 amide bonds. The summed E-state index contributed by atoms with van der Waals surface area (Å²) in [5.41, 5.74) is 0.0907. The zero-order valence-corrected chi connectivity index (χ0v) is 19.9. The number of piperidine rings is 1. The molecule has 4 rings (SSSR count). The van der Waals surface area contributed by atoms with Gasteiger partial charge in [-0.05, 0) is 69.5 Å². The topological polar surface area (TPSA) is 81.9 Å². The molecular formula is C24H30F3N5O3. The second kappa shape index (κ2) is 9.52. The average Bonchev–Trinajstić information content (AvgIpc) is 3.51. The summed E-state index contributed by atoms with van der Waals surface area (Å²) in [5.74, 6) is -1.20. The highest BCUT2D eigenvalue weighted by Gasteiger charge is 2.37. The number of hydrogen-bond donors (Lipinski definition) is 1. The third-order valence-electron chi connectivity index (χ3n) is 7.23. The lowest BCUT2D eigenvalue weighted by molar-refractivity contribution is -0.137. The van der Waals surface area contributed by atoms with Crippen LogP contribution in [0.15, 0.2) is 30.5 Å². The average molecular weight is 494 g/mol. The summed E-state index contributed by atoms with van der Waals surface area (Å²) in [6.45, 7) is 4.81. The van der Waals surface area contributed by atoms with E-state index >= 15 is 0 Å². The smallest absolute Gasteiger partial charge is 0.416 e. The van der Waals surface area contributed by atoms with E-state index in [0.717, 1.165) is 30.6 Å². The van der Waals surface area contributed by atoms with E-state index in [-0.39, 0.29) is 11.2 Å². The number of anilines is 1. The number of carbonyl (C=O) groups is 2. The molecule has 8 nitrogen and oxygen atoms in total. The van der Waals surface area contributed by atoms with Crippen molar-refractivity contribution in [3.8, 4) is 0 Å². The number of alkyl halides is 3. The van der Waals surface area contributed by atoms with Gasteiger partial charge in [0.15, 0.2) is 5.69 Å². The Hall–Kier alpha value is -3.08.